The summed E-state index contributed by atoms with van der Waals surface area (Å²) in [5.74, 6) is -0.268. The molecule has 0 aliphatic carbocycles. The zero-order valence-electron chi connectivity index (χ0n) is 13.3. The highest BCUT2D eigenvalue weighted by molar-refractivity contribution is 6.39. The van der Waals surface area contributed by atoms with Crippen molar-refractivity contribution < 1.29 is 9.53 Å². The van der Waals surface area contributed by atoms with Crippen molar-refractivity contribution in [3.63, 3.8) is 0 Å². The number of imidazole rings is 1. The summed E-state index contributed by atoms with van der Waals surface area (Å²) in [5, 5.41) is 1.18. The van der Waals surface area contributed by atoms with E-state index in [1.54, 1.807) is 30.9 Å². The lowest BCUT2D eigenvalue weighted by atomic mass is 10.1. The Morgan fingerprint density at radius 3 is 2.54 bits per heavy atom. The second kappa shape index (κ2) is 9.30. The highest BCUT2D eigenvalue weighted by Crippen LogP contribution is 2.36. The average Bonchev–Trinajstić information content (AvgIpc) is 2.99. The minimum absolute atomic E-state index is 0.268. The lowest BCUT2D eigenvalue weighted by molar-refractivity contribution is -0.150. The van der Waals surface area contributed by atoms with E-state index in [9.17, 15) is 4.79 Å². The molecule has 1 aromatic heterocycles. The van der Waals surface area contributed by atoms with E-state index in [2.05, 4.69) is 11.9 Å². The fourth-order valence-corrected chi connectivity index (χ4v) is 3.43. The summed E-state index contributed by atoms with van der Waals surface area (Å²) in [5.41, 5.74) is 0.556. The maximum absolute atomic E-state index is 12.2. The lowest BCUT2D eigenvalue weighted by Crippen LogP contribution is -2.17. The van der Waals surface area contributed by atoms with Gasteiger partial charge in [-0.05, 0) is 18.6 Å². The number of hydrogen-bond donors (Lipinski definition) is 0. The molecule has 4 nitrogen and oxygen atoms in total. The van der Waals surface area contributed by atoms with E-state index >= 15 is 0 Å². The highest BCUT2D eigenvalue weighted by Gasteiger charge is 2.23. The Morgan fingerprint density at radius 1 is 1.25 bits per heavy atom. The first-order chi connectivity index (χ1) is 11.5. The number of unbranched alkanes of at least 4 members (excludes halogenated alkanes) is 2. The zero-order valence-corrected chi connectivity index (χ0v) is 15.6. The van der Waals surface area contributed by atoms with Gasteiger partial charge in [-0.25, -0.2) is 4.98 Å². The molecule has 1 heterocycles. The largest absolute Gasteiger partial charge is 0.455 e. The SMILES string of the molecule is CCCCCC(=O)OC(Cn1ccnc1)c1c(Cl)cc(Cl)cc1Cl. The van der Waals surface area contributed by atoms with Crippen LogP contribution in [0.2, 0.25) is 15.1 Å². The topological polar surface area (TPSA) is 44.1 Å². The first-order valence-corrected chi connectivity index (χ1v) is 8.94. The number of halogens is 3. The van der Waals surface area contributed by atoms with Gasteiger partial charge in [0.1, 0.15) is 6.10 Å². The summed E-state index contributed by atoms with van der Waals surface area (Å²) in [7, 11) is 0. The van der Waals surface area contributed by atoms with Crippen molar-refractivity contribution in [1.82, 2.24) is 9.55 Å². The van der Waals surface area contributed by atoms with Gasteiger partial charge in [0.15, 0.2) is 0 Å². The summed E-state index contributed by atoms with van der Waals surface area (Å²) in [6, 6.07) is 3.19. The normalized spacial score (nSPS) is 12.2. The van der Waals surface area contributed by atoms with E-state index < -0.39 is 6.10 Å². The van der Waals surface area contributed by atoms with Crippen LogP contribution in [-0.2, 0) is 16.1 Å². The second-order valence-corrected chi connectivity index (χ2v) is 6.73. The maximum atomic E-state index is 12.2. The quantitative estimate of drug-likeness (QED) is 0.429. The van der Waals surface area contributed by atoms with Crippen LogP contribution >= 0.6 is 34.8 Å². The fraction of sp³-hybridized carbons (Fsp3) is 0.412. The molecule has 1 aromatic carbocycles. The van der Waals surface area contributed by atoms with E-state index in [0.717, 1.165) is 19.3 Å². The molecule has 0 fully saturated rings. The summed E-state index contributed by atoms with van der Waals surface area (Å²) >= 11 is 18.6. The van der Waals surface area contributed by atoms with Crippen molar-refractivity contribution in [3.8, 4) is 0 Å². The molecule has 130 valence electrons. The summed E-state index contributed by atoms with van der Waals surface area (Å²) in [6.45, 7) is 2.46. The van der Waals surface area contributed by atoms with Crippen LogP contribution in [0.5, 0.6) is 0 Å². The highest BCUT2D eigenvalue weighted by atomic mass is 35.5. The van der Waals surface area contributed by atoms with Crippen LogP contribution < -0.4 is 0 Å². The molecule has 7 heteroatoms. The third-order valence-electron chi connectivity index (χ3n) is 3.56. The molecule has 0 aliphatic heterocycles. The van der Waals surface area contributed by atoms with Gasteiger partial charge in [0.25, 0.3) is 0 Å². The van der Waals surface area contributed by atoms with Crippen molar-refractivity contribution in [2.45, 2.75) is 45.3 Å². The summed E-state index contributed by atoms with van der Waals surface area (Å²) in [4.78, 5) is 16.2. The van der Waals surface area contributed by atoms with Crippen molar-refractivity contribution in [2.24, 2.45) is 0 Å². The Kier molecular flexibility index (Phi) is 7.40. The predicted octanol–water partition coefficient (Wildman–Crippen LogP) is 5.71. The van der Waals surface area contributed by atoms with E-state index in [1.807, 2.05) is 4.57 Å². The van der Waals surface area contributed by atoms with Crippen molar-refractivity contribution in [3.05, 3.63) is 51.5 Å². The average molecular weight is 390 g/mol. The molecule has 1 unspecified atom stereocenters. The molecule has 0 radical (unpaired) electrons. The Labute approximate surface area is 156 Å². The standard InChI is InChI=1S/C17H19Cl3N2O2/c1-2-3-4-5-16(23)24-15(10-22-7-6-21-11-22)17-13(19)8-12(18)9-14(17)20/h6-9,11,15H,2-5,10H2,1H3. The number of benzene rings is 1. The van der Waals surface area contributed by atoms with Gasteiger partial charge in [-0.1, -0.05) is 54.6 Å². The Morgan fingerprint density at radius 2 is 1.96 bits per heavy atom. The molecule has 2 rings (SSSR count). The van der Waals surface area contributed by atoms with Gasteiger partial charge in [-0.15, -0.1) is 0 Å². The monoisotopic (exact) mass is 388 g/mol. The molecule has 0 spiro atoms. The number of rotatable bonds is 8. The summed E-state index contributed by atoms with van der Waals surface area (Å²) in [6.07, 6.45) is 7.69. The molecular formula is C17H19Cl3N2O2. The van der Waals surface area contributed by atoms with Crippen molar-refractivity contribution >= 4 is 40.8 Å². The summed E-state index contributed by atoms with van der Waals surface area (Å²) < 4.78 is 7.47. The molecule has 2 aromatic rings. The number of aromatic nitrogens is 2. The van der Waals surface area contributed by atoms with Crippen molar-refractivity contribution in [2.75, 3.05) is 0 Å². The molecule has 0 saturated carbocycles. The molecule has 1 atom stereocenters. The van der Waals surface area contributed by atoms with Crippen LogP contribution in [0.15, 0.2) is 30.9 Å². The van der Waals surface area contributed by atoms with Crippen LogP contribution in [0.4, 0.5) is 0 Å². The number of carbonyl (C=O) groups is 1. The molecule has 0 amide bonds. The minimum atomic E-state index is -0.606. The molecule has 0 aliphatic rings. The molecular weight excluding hydrogens is 371 g/mol. The first kappa shape index (κ1) is 19.1. The molecule has 0 N–H and O–H groups in total. The first-order valence-electron chi connectivity index (χ1n) is 7.81. The molecule has 24 heavy (non-hydrogen) atoms. The van der Waals surface area contributed by atoms with Gasteiger partial charge in [0, 0.05) is 29.4 Å². The lowest BCUT2D eigenvalue weighted by Gasteiger charge is -2.21. The van der Waals surface area contributed by atoms with Crippen molar-refractivity contribution in [1.29, 1.82) is 0 Å². The van der Waals surface area contributed by atoms with Gasteiger partial charge < -0.3 is 9.30 Å². The van der Waals surface area contributed by atoms with E-state index in [-0.39, 0.29) is 5.97 Å². The maximum Gasteiger partial charge on any atom is 0.306 e. The van der Waals surface area contributed by atoms with Crippen LogP contribution in [0, 0.1) is 0 Å². The van der Waals surface area contributed by atoms with Gasteiger partial charge in [0.2, 0.25) is 0 Å². The Balaban J connectivity index is 2.21. The van der Waals surface area contributed by atoms with Crippen LogP contribution in [0.3, 0.4) is 0 Å². The van der Waals surface area contributed by atoms with E-state index in [1.165, 1.54) is 0 Å². The van der Waals surface area contributed by atoms with Gasteiger partial charge in [-0.2, -0.15) is 0 Å². The Hall–Kier alpha value is -1.23. The number of carbonyl (C=O) groups excluding carboxylic acids is 1. The number of hydrogen-bond acceptors (Lipinski definition) is 3. The third-order valence-corrected chi connectivity index (χ3v) is 4.40. The smallest absolute Gasteiger partial charge is 0.306 e. The number of nitrogens with zero attached hydrogens (tertiary/aromatic N) is 2. The fourth-order valence-electron chi connectivity index (χ4n) is 2.37. The van der Waals surface area contributed by atoms with Gasteiger partial charge >= 0.3 is 5.97 Å². The molecule has 0 bridgehead atoms. The predicted molar refractivity (Wildman–Crippen MR) is 96.7 cm³/mol. The van der Waals surface area contributed by atoms with Gasteiger partial charge in [-0.3, -0.25) is 4.79 Å². The Bertz CT molecular complexity index is 651. The van der Waals surface area contributed by atoms with Crippen LogP contribution in [0.25, 0.3) is 0 Å². The number of esters is 1. The second-order valence-electron chi connectivity index (χ2n) is 5.48. The number of ether oxygens (including phenoxy) is 1. The van der Waals surface area contributed by atoms with Gasteiger partial charge in [0.05, 0.1) is 22.9 Å². The third kappa shape index (κ3) is 5.40. The van der Waals surface area contributed by atoms with E-state index in [0.29, 0.717) is 33.6 Å². The zero-order chi connectivity index (χ0) is 17.5. The van der Waals surface area contributed by atoms with Crippen LogP contribution in [0.1, 0.15) is 44.3 Å². The van der Waals surface area contributed by atoms with Crippen LogP contribution in [-0.4, -0.2) is 15.5 Å². The minimum Gasteiger partial charge on any atom is -0.455 e. The van der Waals surface area contributed by atoms with E-state index in [4.69, 9.17) is 39.5 Å². The molecule has 0 saturated heterocycles.